The molecule has 1 fully saturated rings. The summed E-state index contributed by atoms with van der Waals surface area (Å²) in [5, 5.41) is 0.234. The lowest BCUT2D eigenvalue weighted by Crippen LogP contribution is -2.40. The van der Waals surface area contributed by atoms with E-state index in [1.54, 1.807) is 4.90 Å². The van der Waals surface area contributed by atoms with Gasteiger partial charge in [-0.05, 0) is 49.5 Å². The van der Waals surface area contributed by atoms with Gasteiger partial charge in [-0.25, -0.2) is 4.79 Å². The number of cyclic esters (lactones) is 1. The van der Waals surface area contributed by atoms with Crippen LogP contribution < -0.4 is 14.4 Å². The highest BCUT2D eigenvalue weighted by Crippen LogP contribution is 2.37. The lowest BCUT2D eigenvalue weighted by molar-refractivity contribution is 0.134. The zero-order chi connectivity index (χ0) is 20.4. The molecule has 0 saturated carbocycles. The van der Waals surface area contributed by atoms with Gasteiger partial charge in [0.15, 0.2) is 19.8 Å². The molecule has 2 aliphatic heterocycles. The molecule has 3 rings (SSSR count). The van der Waals surface area contributed by atoms with E-state index in [9.17, 15) is 4.79 Å². The summed E-state index contributed by atoms with van der Waals surface area (Å²) in [4.78, 5) is 14.0. The molecule has 1 unspecified atom stereocenters. The zero-order valence-electron chi connectivity index (χ0n) is 17.7. The number of rotatable bonds is 7. The Labute approximate surface area is 169 Å². The van der Waals surface area contributed by atoms with Crippen molar-refractivity contribution in [2.24, 2.45) is 0 Å². The van der Waals surface area contributed by atoms with Crippen LogP contribution in [0.2, 0.25) is 18.1 Å². The lowest BCUT2D eigenvalue weighted by Gasteiger charge is -2.36. The van der Waals surface area contributed by atoms with E-state index in [1.165, 1.54) is 0 Å². The number of ether oxygens (including phenoxy) is 3. The first-order valence-corrected chi connectivity index (χ1v) is 13.1. The van der Waals surface area contributed by atoms with E-state index in [-0.39, 0.29) is 17.2 Å². The average Bonchev–Trinajstić information content (AvgIpc) is 3.00. The normalized spacial score (nSPS) is 19.7. The molecule has 1 amide bonds. The molecule has 1 aromatic carbocycles. The molecule has 0 radical (unpaired) electrons. The fraction of sp³-hybridized carbons (Fsp3) is 0.667. The van der Waals surface area contributed by atoms with Crippen LogP contribution in [0.1, 0.15) is 40.0 Å². The van der Waals surface area contributed by atoms with Gasteiger partial charge in [0, 0.05) is 12.7 Å². The summed E-state index contributed by atoms with van der Waals surface area (Å²) in [5.74, 6) is 1.41. The molecule has 156 valence electrons. The number of hydrogen-bond acceptors (Lipinski definition) is 5. The Balaban J connectivity index is 1.45. The summed E-state index contributed by atoms with van der Waals surface area (Å²) in [6, 6.07) is 5.58. The minimum absolute atomic E-state index is 0.0754. The maximum absolute atomic E-state index is 12.3. The molecule has 1 saturated heterocycles. The van der Waals surface area contributed by atoms with Gasteiger partial charge >= 0.3 is 6.09 Å². The Morgan fingerprint density at radius 2 is 1.86 bits per heavy atom. The van der Waals surface area contributed by atoms with Crippen LogP contribution in [-0.4, -0.2) is 46.9 Å². The maximum atomic E-state index is 12.3. The second-order valence-electron chi connectivity index (χ2n) is 9.05. The molecule has 6 nitrogen and oxygen atoms in total. The van der Waals surface area contributed by atoms with E-state index >= 15 is 0 Å². The Kier molecular flexibility index (Phi) is 6.24. The van der Waals surface area contributed by atoms with Crippen LogP contribution >= 0.6 is 0 Å². The molecule has 28 heavy (non-hydrogen) atoms. The average molecular weight is 408 g/mol. The van der Waals surface area contributed by atoms with Crippen molar-refractivity contribution in [3.63, 3.8) is 0 Å². The van der Waals surface area contributed by atoms with Gasteiger partial charge in [-0.1, -0.05) is 20.8 Å². The standard InChI is InChI=1S/C21H33NO5Si/c1-21(2,3)28(4,5)26-11-7-6-8-17-15-22(20(23)27-17)16-9-10-18-19(14-16)25-13-12-24-18/h9-10,14,17H,6-8,11-13,15H2,1-5H3. The molecule has 0 aliphatic carbocycles. The lowest BCUT2D eigenvalue weighted by atomic mass is 10.1. The topological polar surface area (TPSA) is 57.2 Å². The minimum Gasteiger partial charge on any atom is -0.486 e. The monoisotopic (exact) mass is 407 g/mol. The van der Waals surface area contributed by atoms with E-state index in [0.717, 1.165) is 37.3 Å². The van der Waals surface area contributed by atoms with Crippen LogP contribution in [0, 0.1) is 0 Å². The second kappa shape index (κ2) is 8.33. The third kappa shape index (κ3) is 4.81. The number of carbonyl (C=O) groups is 1. The van der Waals surface area contributed by atoms with Crippen LogP contribution in [0.4, 0.5) is 10.5 Å². The van der Waals surface area contributed by atoms with Gasteiger partial charge in [0.05, 0.1) is 12.2 Å². The summed E-state index contributed by atoms with van der Waals surface area (Å²) < 4.78 is 22.9. The summed E-state index contributed by atoms with van der Waals surface area (Å²) in [6.45, 7) is 13.7. The van der Waals surface area contributed by atoms with Crippen LogP contribution in [-0.2, 0) is 9.16 Å². The summed E-state index contributed by atoms with van der Waals surface area (Å²) >= 11 is 0. The molecular weight excluding hydrogens is 374 g/mol. The minimum atomic E-state index is -1.68. The van der Waals surface area contributed by atoms with Gasteiger partial charge in [0.25, 0.3) is 0 Å². The first-order valence-electron chi connectivity index (χ1n) is 10.2. The second-order valence-corrected chi connectivity index (χ2v) is 13.9. The number of nitrogens with zero attached hydrogens (tertiary/aromatic N) is 1. The molecular formula is C21H33NO5Si. The maximum Gasteiger partial charge on any atom is 0.414 e. The molecule has 0 bridgehead atoms. The van der Waals surface area contributed by atoms with Crippen molar-refractivity contribution in [2.45, 2.75) is 64.3 Å². The highest BCUT2D eigenvalue weighted by molar-refractivity contribution is 6.74. The third-order valence-corrected chi connectivity index (χ3v) is 10.4. The Hall–Kier alpha value is -1.73. The van der Waals surface area contributed by atoms with Gasteiger partial charge < -0.3 is 18.6 Å². The van der Waals surface area contributed by atoms with Crippen molar-refractivity contribution in [2.75, 3.05) is 31.3 Å². The summed E-state index contributed by atoms with van der Waals surface area (Å²) in [5.41, 5.74) is 0.790. The SMILES string of the molecule is CC(C)(C)[Si](C)(C)OCCCCC1CN(c2ccc3c(c2)OCCO3)C(=O)O1. The van der Waals surface area contributed by atoms with Gasteiger partial charge in [-0.15, -0.1) is 0 Å². The molecule has 1 atom stereocenters. The van der Waals surface area contributed by atoms with Crippen molar-refractivity contribution in [1.29, 1.82) is 0 Å². The number of carbonyl (C=O) groups excluding carboxylic acids is 1. The molecule has 7 heteroatoms. The molecule has 1 aromatic rings. The van der Waals surface area contributed by atoms with Crippen LogP contribution in [0.3, 0.4) is 0 Å². The number of hydrogen-bond donors (Lipinski definition) is 0. The van der Waals surface area contributed by atoms with Gasteiger partial charge in [-0.3, -0.25) is 4.90 Å². The summed E-state index contributed by atoms with van der Waals surface area (Å²) in [7, 11) is -1.68. The van der Waals surface area contributed by atoms with Crippen LogP contribution in [0.25, 0.3) is 0 Å². The molecule has 2 heterocycles. The Morgan fingerprint density at radius 1 is 1.14 bits per heavy atom. The van der Waals surface area contributed by atoms with E-state index < -0.39 is 8.32 Å². The first kappa shape index (κ1) is 21.0. The molecule has 0 spiro atoms. The van der Waals surface area contributed by atoms with Gasteiger partial charge in [-0.2, -0.15) is 0 Å². The predicted molar refractivity (Wildman–Crippen MR) is 112 cm³/mol. The number of amides is 1. The number of fused-ring (bicyclic) bond motifs is 1. The summed E-state index contributed by atoms with van der Waals surface area (Å²) in [6.07, 6.45) is 2.47. The number of unbranched alkanes of at least 4 members (excludes halogenated alkanes) is 1. The zero-order valence-corrected chi connectivity index (χ0v) is 18.7. The number of anilines is 1. The first-order chi connectivity index (χ1) is 13.2. The molecule has 0 aromatic heterocycles. The Morgan fingerprint density at radius 3 is 2.57 bits per heavy atom. The highest BCUT2D eigenvalue weighted by atomic mass is 28.4. The predicted octanol–water partition coefficient (Wildman–Crippen LogP) is 4.98. The third-order valence-electron chi connectivity index (χ3n) is 5.90. The largest absolute Gasteiger partial charge is 0.486 e. The number of benzene rings is 1. The van der Waals surface area contributed by atoms with Gasteiger partial charge in [0.2, 0.25) is 0 Å². The fourth-order valence-electron chi connectivity index (χ4n) is 3.10. The van der Waals surface area contributed by atoms with Crippen LogP contribution in [0.15, 0.2) is 18.2 Å². The van der Waals surface area contributed by atoms with E-state index in [1.807, 2.05) is 18.2 Å². The van der Waals surface area contributed by atoms with E-state index in [2.05, 4.69) is 33.9 Å². The van der Waals surface area contributed by atoms with E-state index in [0.29, 0.717) is 25.5 Å². The van der Waals surface area contributed by atoms with Crippen LogP contribution in [0.5, 0.6) is 11.5 Å². The fourth-order valence-corrected chi connectivity index (χ4v) is 4.19. The van der Waals surface area contributed by atoms with Crippen molar-refractivity contribution >= 4 is 20.1 Å². The van der Waals surface area contributed by atoms with Crippen molar-refractivity contribution < 1.29 is 23.4 Å². The highest BCUT2D eigenvalue weighted by Gasteiger charge is 2.37. The van der Waals surface area contributed by atoms with Gasteiger partial charge in [0.1, 0.15) is 19.3 Å². The van der Waals surface area contributed by atoms with Crippen molar-refractivity contribution in [3.8, 4) is 11.5 Å². The molecule has 0 N–H and O–H groups in total. The van der Waals surface area contributed by atoms with E-state index in [4.69, 9.17) is 18.6 Å². The molecule has 2 aliphatic rings. The van der Waals surface area contributed by atoms with Crippen molar-refractivity contribution in [3.05, 3.63) is 18.2 Å². The quantitative estimate of drug-likeness (QED) is 0.471. The van der Waals surface area contributed by atoms with Crippen molar-refractivity contribution in [1.82, 2.24) is 0 Å². The smallest absolute Gasteiger partial charge is 0.414 e. The Bertz CT molecular complexity index is 701.